The monoisotopic (exact) mass is 463 g/mol. The molecule has 0 atom stereocenters. The Hall–Kier alpha value is -3.47. The molecule has 2 heterocycles. The number of carbonyl (C=O) groups is 1. The third kappa shape index (κ3) is 4.19. The lowest BCUT2D eigenvalue weighted by Gasteiger charge is -2.10. The fourth-order valence-electron chi connectivity index (χ4n) is 2.60. The lowest BCUT2D eigenvalue weighted by molar-refractivity contribution is -0.385. The van der Waals surface area contributed by atoms with Crippen LogP contribution in [0.1, 0.15) is 16.1 Å². The minimum atomic E-state index is -0.963. The molecule has 0 unspecified atom stereocenters. The predicted molar refractivity (Wildman–Crippen MR) is 104 cm³/mol. The molecule has 3 aromatic rings. The molecule has 29 heavy (non-hydrogen) atoms. The maximum absolute atomic E-state index is 12.5. The van der Waals surface area contributed by atoms with Gasteiger partial charge in [-0.2, -0.15) is 0 Å². The van der Waals surface area contributed by atoms with Gasteiger partial charge in [0.05, 0.1) is 30.9 Å². The first-order valence-corrected chi connectivity index (χ1v) is 8.88. The molecule has 3 rings (SSSR count). The van der Waals surface area contributed by atoms with E-state index in [1.54, 1.807) is 18.3 Å². The van der Waals surface area contributed by atoms with Crippen molar-refractivity contribution in [3.8, 4) is 11.5 Å². The first-order chi connectivity index (χ1) is 13.8. The van der Waals surface area contributed by atoms with Gasteiger partial charge in [-0.05, 0) is 28.1 Å². The highest BCUT2D eigenvalue weighted by molar-refractivity contribution is 9.10. The van der Waals surface area contributed by atoms with Crippen molar-refractivity contribution < 1.29 is 23.9 Å². The second-order valence-electron chi connectivity index (χ2n) is 5.72. The van der Waals surface area contributed by atoms with Crippen molar-refractivity contribution in [3.63, 3.8) is 0 Å². The number of ether oxygens (including phenoxy) is 3. The zero-order chi connectivity index (χ0) is 21.1. The summed E-state index contributed by atoms with van der Waals surface area (Å²) >= 11 is 3.27. The Morgan fingerprint density at radius 3 is 2.55 bits per heavy atom. The summed E-state index contributed by atoms with van der Waals surface area (Å²) in [6, 6.07) is 6.80. The number of nitro benzene ring substituents is 1. The predicted octanol–water partition coefficient (Wildman–Crippen LogP) is 2.74. The Labute approximate surface area is 171 Å². The van der Waals surface area contributed by atoms with E-state index < -0.39 is 16.6 Å². The standard InChI is InChI=1S/C18H14BrN3O7/c1-27-14-6-12(13(22(25)26)7-15(14)28-2)18(24)29-9-11-5-17(23)21-8-10(19)3-4-16(21)20-11/h3-8H,9H2,1-2H3. The average molecular weight is 464 g/mol. The van der Waals surface area contributed by atoms with Gasteiger partial charge >= 0.3 is 5.97 Å². The van der Waals surface area contributed by atoms with Gasteiger partial charge in [0.15, 0.2) is 11.5 Å². The molecule has 0 aliphatic heterocycles. The number of carbonyl (C=O) groups excluding carboxylic acids is 1. The average Bonchev–Trinajstić information content (AvgIpc) is 2.71. The van der Waals surface area contributed by atoms with Gasteiger partial charge in [0.1, 0.15) is 17.8 Å². The zero-order valence-electron chi connectivity index (χ0n) is 15.2. The summed E-state index contributed by atoms with van der Waals surface area (Å²) < 4.78 is 17.3. The number of esters is 1. The Kier molecular flexibility index (Phi) is 5.78. The van der Waals surface area contributed by atoms with Crippen molar-refractivity contribution in [2.75, 3.05) is 14.2 Å². The number of pyridine rings is 1. The summed E-state index contributed by atoms with van der Waals surface area (Å²) in [5.74, 6) is -0.723. The highest BCUT2D eigenvalue weighted by atomic mass is 79.9. The highest BCUT2D eigenvalue weighted by Crippen LogP contribution is 2.34. The van der Waals surface area contributed by atoms with Gasteiger partial charge in [0.25, 0.3) is 11.2 Å². The molecule has 0 aliphatic rings. The van der Waals surface area contributed by atoms with E-state index in [1.165, 1.54) is 30.8 Å². The number of nitro groups is 1. The third-order valence-electron chi connectivity index (χ3n) is 3.95. The minimum absolute atomic E-state index is 0.103. The molecule has 0 amide bonds. The fourth-order valence-corrected chi connectivity index (χ4v) is 2.94. The van der Waals surface area contributed by atoms with Gasteiger partial charge in [-0.15, -0.1) is 0 Å². The number of benzene rings is 1. The minimum Gasteiger partial charge on any atom is -0.493 e. The van der Waals surface area contributed by atoms with Gasteiger partial charge < -0.3 is 14.2 Å². The van der Waals surface area contributed by atoms with E-state index in [-0.39, 0.29) is 34.9 Å². The molecule has 0 aliphatic carbocycles. The van der Waals surface area contributed by atoms with Gasteiger partial charge in [0.2, 0.25) is 0 Å². The molecule has 0 bridgehead atoms. The van der Waals surface area contributed by atoms with Crippen molar-refractivity contribution in [2.45, 2.75) is 6.61 Å². The van der Waals surface area contributed by atoms with E-state index in [0.29, 0.717) is 10.1 Å². The molecule has 150 valence electrons. The number of rotatable bonds is 6. The molecule has 11 heteroatoms. The second kappa shape index (κ2) is 8.27. The van der Waals surface area contributed by atoms with Crippen LogP contribution in [0, 0.1) is 10.1 Å². The van der Waals surface area contributed by atoms with Crippen LogP contribution in [0.4, 0.5) is 5.69 Å². The van der Waals surface area contributed by atoms with Crippen LogP contribution in [0.2, 0.25) is 0 Å². The molecule has 0 N–H and O–H groups in total. The third-order valence-corrected chi connectivity index (χ3v) is 4.42. The van der Waals surface area contributed by atoms with Crippen molar-refractivity contribution >= 4 is 33.2 Å². The lowest BCUT2D eigenvalue weighted by Crippen LogP contribution is -2.17. The fraction of sp³-hybridized carbons (Fsp3) is 0.167. The van der Waals surface area contributed by atoms with E-state index in [1.807, 2.05) is 0 Å². The van der Waals surface area contributed by atoms with Crippen molar-refractivity contribution in [1.82, 2.24) is 9.38 Å². The molecule has 2 aromatic heterocycles. The SMILES string of the molecule is COc1cc(C(=O)OCc2cc(=O)n3cc(Br)ccc3n2)c([N+](=O)[O-])cc1OC. The smallest absolute Gasteiger partial charge is 0.345 e. The van der Waals surface area contributed by atoms with E-state index in [0.717, 1.165) is 6.07 Å². The van der Waals surface area contributed by atoms with Crippen LogP contribution in [0.5, 0.6) is 11.5 Å². The van der Waals surface area contributed by atoms with E-state index in [4.69, 9.17) is 14.2 Å². The van der Waals surface area contributed by atoms with Crippen LogP contribution in [0.15, 0.2) is 45.8 Å². The van der Waals surface area contributed by atoms with Gasteiger partial charge in [-0.1, -0.05) is 0 Å². The number of aromatic nitrogens is 2. The van der Waals surface area contributed by atoms with Gasteiger partial charge in [0, 0.05) is 22.8 Å². The van der Waals surface area contributed by atoms with Crippen molar-refractivity contribution in [1.29, 1.82) is 0 Å². The van der Waals surface area contributed by atoms with Crippen LogP contribution in [0.25, 0.3) is 5.65 Å². The van der Waals surface area contributed by atoms with E-state index in [2.05, 4.69) is 20.9 Å². The topological polar surface area (TPSA) is 122 Å². The number of hydrogen-bond acceptors (Lipinski definition) is 8. The summed E-state index contributed by atoms with van der Waals surface area (Å²) in [7, 11) is 2.66. The highest BCUT2D eigenvalue weighted by Gasteiger charge is 2.26. The van der Waals surface area contributed by atoms with E-state index in [9.17, 15) is 19.7 Å². The number of fused-ring (bicyclic) bond motifs is 1. The lowest BCUT2D eigenvalue weighted by atomic mass is 10.1. The molecule has 1 aromatic carbocycles. The number of halogens is 1. The Morgan fingerprint density at radius 1 is 1.21 bits per heavy atom. The van der Waals surface area contributed by atoms with Crippen LogP contribution < -0.4 is 15.0 Å². The first-order valence-electron chi connectivity index (χ1n) is 8.09. The second-order valence-corrected chi connectivity index (χ2v) is 6.63. The van der Waals surface area contributed by atoms with Crippen molar-refractivity contribution in [3.05, 3.63) is 72.7 Å². The number of methoxy groups -OCH3 is 2. The van der Waals surface area contributed by atoms with Crippen LogP contribution in [-0.4, -0.2) is 34.5 Å². The van der Waals surface area contributed by atoms with Crippen LogP contribution in [0.3, 0.4) is 0 Å². The Balaban J connectivity index is 1.89. The van der Waals surface area contributed by atoms with Crippen LogP contribution in [-0.2, 0) is 11.3 Å². The normalized spacial score (nSPS) is 10.6. The number of hydrogen-bond donors (Lipinski definition) is 0. The maximum atomic E-state index is 12.5. The van der Waals surface area contributed by atoms with Gasteiger partial charge in [-0.25, -0.2) is 9.78 Å². The van der Waals surface area contributed by atoms with Crippen LogP contribution >= 0.6 is 15.9 Å². The molecule has 0 saturated heterocycles. The molecule has 10 nitrogen and oxygen atoms in total. The molecule has 0 saturated carbocycles. The molecule has 0 spiro atoms. The number of nitrogens with zero attached hydrogens (tertiary/aromatic N) is 3. The Morgan fingerprint density at radius 2 is 1.90 bits per heavy atom. The quantitative estimate of drug-likeness (QED) is 0.310. The summed E-state index contributed by atoms with van der Waals surface area (Å²) in [4.78, 5) is 39.5. The summed E-state index contributed by atoms with van der Waals surface area (Å²) in [5.41, 5.74) is -0.602. The van der Waals surface area contributed by atoms with E-state index >= 15 is 0 Å². The molecule has 0 radical (unpaired) electrons. The summed E-state index contributed by atoms with van der Waals surface area (Å²) in [5, 5.41) is 11.3. The summed E-state index contributed by atoms with van der Waals surface area (Å²) in [6.07, 6.45) is 1.56. The summed E-state index contributed by atoms with van der Waals surface area (Å²) in [6.45, 7) is -0.341. The van der Waals surface area contributed by atoms with Gasteiger partial charge in [-0.3, -0.25) is 19.3 Å². The first kappa shape index (κ1) is 20.3. The molecule has 0 fully saturated rings. The molecular weight excluding hydrogens is 450 g/mol. The van der Waals surface area contributed by atoms with Crippen molar-refractivity contribution in [2.24, 2.45) is 0 Å². The largest absolute Gasteiger partial charge is 0.493 e. The zero-order valence-corrected chi connectivity index (χ0v) is 16.8. The maximum Gasteiger partial charge on any atom is 0.345 e. The molecular formula is C18H14BrN3O7. The Bertz CT molecular complexity index is 1180.